The van der Waals surface area contributed by atoms with Crippen molar-refractivity contribution < 1.29 is 18.8 Å². The van der Waals surface area contributed by atoms with Crippen LogP contribution in [0.3, 0.4) is 0 Å². The summed E-state index contributed by atoms with van der Waals surface area (Å²) in [5.74, 6) is -0.978. The van der Waals surface area contributed by atoms with Crippen molar-refractivity contribution in [2.24, 2.45) is 5.16 Å². The average molecular weight is 445 g/mol. The Balaban J connectivity index is 1.63. The number of rotatable bonds is 6. The Morgan fingerprint density at radius 3 is 2.93 bits per heavy atom. The van der Waals surface area contributed by atoms with E-state index in [9.17, 15) is 9.18 Å². The van der Waals surface area contributed by atoms with Crippen LogP contribution >= 0.6 is 15.9 Å². The molecular weight excluding hydrogens is 435 g/mol. The lowest BCUT2D eigenvalue weighted by Crippen LogP contribution is -2.15. The van der Waals surface area contributed by atoms with E-state index in [1.807, 2.05) is 6.07 Å². The smallest absolute Gasteiger partial charge is 0.258 e. The fourth-order valence-electron chi connectivity index (χ4n) is 2.04. The minimum atomic E-state index is -0.558. The predicted molar refractivity (Wildman–Crippen MR) is 99.8 cm³/mol. The van der Waals surface area contributed by atoms with E-state index in [1.165, 1.54) is 30.3 Å². The maximum atomic E-state index is 13.2. The molecule has 0 spiro atoms. The topological polar surface area (TPSA) is 125 Å². The highest BCUT2D eigenvalue weighted by Gasteiger charge is 2.16. The number of carbonyl (C=O) groups excluding carboxylic acids is 1. The van der Waals surface area contributed by atoms with E-state index in [-0.39, 0.29) is 27.1 Å². The van der Waals surface area contributed by atoms with Gasteiger partial charge in [-0.1, -0.05) is 17.3 Å². The third kappa shape index (κ3) is 4.49. The second-order valence-corrected chi connectivity index (χ2v) is 6.02. The molecule has 140 valence electrons. The number of carbonyl (C=O) groups is 1. The summed E-state index contributed by atoms with van der Waals surface area (Å²) in [6.45, 7) is 0. The summed E-state index contributed by atoms with van der Waals surface area (Å²) in [7, 11) is 0. The maximum absolute atomic E-state index is 13.2. The molecule has 28 heavy (non-hydrogen) atoms. The minimum Gasteiger partial charge on any atom is -0.302 e. The van der Waals surface area contributed by atoms with Gasteiger partial charge in [-0.15, -0.1) is 0 Å². The monoisotopic (exact) mass is 444 g/mol. The molecule has 3 rings (SSSR count). The van der Waals surface area contributed by atoms with Crippen LogP contribution in [-0.4, -0.2) is 22.4 Å². The van der Waals surface area contributed by atoms with Gasteiger partial charge in [-0.05, 0) is 56.6 Å². The van der Waals surface area contributed by atoms with Gasteiger partial charge < -0.3 is 5.32 Å². The van der Waals surface area contributed by atoms with Crippen LogP contribution in [0.2, 0.25) is 0 Å². The van der Waals surface area contributed by atoms with Gasteiger partial charge in [0.1, 0.15) is 12.0 Å². The van der Waals surface area contributed by atoms with Crippen molar-refractivity contribution in [1.82, 2.24) is 10.3 Å². The molecule has 0 aliphatic rings. The number of hydrogen-bond donors (Lipinski definition) is 2. The standard InChI is InChI=1S/C17H10BrFN6O3/c18-13-7-11(5-6-14(13)19)23-27-21-9-15-16(25-28-24-15)22-17(26)12-4-2-1-3-10(12)8-20/h1-7,9,23H,(H,22,25,26)/b21-9+. The molecule has 0 aliphatic heterocycles. The van der Waals surface area contributed by atoms with E-state index < -0.39 is 11.7 Å². The van der Waals surface area contributed by atoms with Gasteiger partial charge in [0.05, 0.1) is 27.4 Å². The van der Waals surface area contributed by atoms with Gasteiger partial charge in [-0.3, -0.25) is 9.73 Å². The first-order valence-electron chi connectivity index (χ1n) is 7.62. The van der Waals surface area contributed by atoms with Crippen molar-refractivity contribution in [3.05, 3.63) is 69.6 Å². The number of oxime groups is 1. The average Bonchev–Trinajstić information content (AvgIpc) is 3.14. The summed E-state index contributed by atoms with van der Waals surface area (Å²) in [6.07, 6.45) is 1.15. The molecule has 3 aromatic rings. The first kappa shape index (κ1) is 19.0. The Bertz CT molecular complexity index is 1080. The number of halogens is 2. The van der Waals surface area contributed by atoms with Crippen molar-refractivity contribution in [1.29, 1.82) is 5.26 Å². The van der Waals surface area contributed by atoms with Crippen LogP contribution in [0, 0.1) is 17.1 Å². The second-order valence-electron chi connectivity index (χ2n) is 5.17. The Morgan fingerprint density at radius 1 is 1.32 bits per heavy atom. The van der Waals surface area contributed by atoms with E-state index >= 15 is 0 Å². The number of nitriles is 1. The largest absolute Gasteiger partial charge is 0.302 e. The molecule has 1 aromatic heterocycles. The van der Waals surface area contributed by atoms with Crippen LogP contribution in [0.5, 0.6) is 0 Å². The molecule has 0 bridgehead atoms. The van der Waals surface area contributed by atoms with Gasteiger partial charge >= 0.3 is 0 Å². The third-order valence-electron chi connectivity index (χ3n) is 3.35. The van der Waals surface area contributed by atoms with Crippen molar-refractivity contribution in [3.63, 3.8) is 0 Å². The molecule has 9 nitrogen and oxygen atoms in total. The molecule has 11 heteroatoms. The normalized spacial score (nSPS) is 10.5. The molecule has 0 unspecified atom stereocenters. The Morgan fingerprint density at radius 2 is 2.14 bits per heavy atom. The summed E-state index contributed by atoms with van der Waals surface area (Å²) in [4.78, 5) is 17.2. The molecule has 0 saturated carbocycles. The fourth-order valence-corrected chi connectivity index (χ4v) is 2.41. The van der Waals surface area contributed by atoms with E-state index in [0.29, 0.717) is 5.69 Å². The van der Waals surface area contributed by atoms with Gasteiger partial charge in [0.2, 0.25) is 5.82 Å². The van der Waals surface area contributed by atoms with Crippen LogP contribution < -0.4 is 10.8 Å². The highest BCUT2D eigenvalue weighted by atomic mass is 79.9. The van der Waals surface area contributed by atoms with Gasteiger partial charge in [0.25, 0.3) is 5.91 Å². The van der Waals surface area contributed by atoms with E-state index in [2.05, 4.69) is 46.8 Å². The van der Waals surface area contributed by atoms with Crippen LogP contribution in [-0.2, 0) is 4.94 Å². The quantitative estimate of drug-likeness (QED) is 0.440. The number of hydrogen-bond acceptors (Lipinski definition) is 8. The van der Waals surface area contributed by atoms with Crippen molar-refractivity contribution >= 4 is 39.6 Å². The molecule has 0 atom stereocenters. The first-order valence-corrected chi connectivity index (χ1v) is 8.41. The Kier molecular flexibility index (Phi) is 5.93. The summed E-state index contributed by atoms with van der Waals surface area (Å²) in [5, 5.41) is 22.4. The molecule has 0 radical (unpaired) electrons. The van der Waals surface area contributed by atoms with Gasteiger partial charge in [0.15, 0.2) is 5.69 Å². The summed E-state index contributed by atoms with van der Waals surface area (Å²) in [5.41, 5.74) is 3.41. The van der Waals surface area contributed by atoms with Crippen LogP contribution in [0.4, 0.5) is 15.9 Å². The van der Waals surface area contributed by atoms with Gasteiger partial charge in [0, 0.05) is 0 Å². The summed E-state index contributed by atoms with van der Waals surface area (Å²) in [6, 6.07) is 12.4. The van der Waals surface area contributed by atoms with Crippen LogP contribution in [0.1, 0.15) is 21.6 Å². The number of aromatic nitrogens is 2. The lowest BCUT2D eigenvalue weighted by atomic mass is 10.1. The number of nitrogens with one attached hydrogen (secondary N) is 2. The lowest BCUT2D eigenvalue weighted by Gasteiger charge is -2.04. The van der Waals surface area contributed by atoms with Crippen LogP contribution in [0.15, 0.2) is 56.7 Å². The second kappa shape index (κ2) is 8.74. The maximum Gasteiger partial charge on any atom is 0.258 e. The Hall–Kier alpha value is -3.78. The minimum absolute atomic E-state index is 0.00498. The first-order chi connectivity index (χ1) is 13.6. The molecule has 2 aromatic carbocycles. The SMILES string of the molecule is N#Cc1ccccc1C(=O)Nc1nonc1/C=N/ONc1ccc(F)c(Br)c1. The molecule has 1 amide bonds. The number of amides is 1. The molecule has 0 aliphatic carbocycles. The van der Waals surface area contributed by atoms with E-state index in [4.69, 9.17) is 10.2 Å². The Labute approximate surface area is 165 Å². The van der Waals surface area contributed by atoms with Gasteiger partial charge in [-0.2, -0.15) is 10.7 Å². The third-order valence-corrected chi connectivity index (χ3v) is 3.96. The molecule has 2 N–H and O–H groups in total. The molecule has 1 heterocycles. The van der Waals surface area contributed by atoms with E-state index in [0.717, 1.165) is 6.21 Å². The lowest BCUT2D eigenvalue weighted by molar-refractivity contribution is 0.102. The fraction of sp³-hybridized carbons (Fsp3) is 0. The van der Waals surface area contributed by atoms with E-state index in [1.54, 1.807) is 12.1 Å². The highest BCUT2D eigenvalue weighted by Crippen LogP contribution is 2.20. The molecular formula is C17H10BrFN6O3. The summed E-state index contributed by atoms with van der Waals surface area (Å²) >= 11 is 3.05. The van der Waals surface area contributed by atoms with Gasteiger partial charge in [-0.25, -0.2) is 9.02 Å². The van der Waals surface area contributed by atoms with Crippen LogP contribution in [0.25, 0.3) is 0 Å². The highest BCUT2D eigenvalue weighted by molar-refractivity contribution is 9.10. The molecule has 0 saturated heterocycles. The predicted octanol–water partition coefficient (Wildman–Crippen LogP) is 3.47. The van der Waals surface area contributed by atoms with Crippen molar-refractivity contribution in [2.45, 2.75) is 0 Å². The zero-order valence-electron chi connectivity index (χ0n) is 13.9. The summed E-state index contributed by atoms with van der Waals surface area (Å²) < 4.78 is 18.0. The zero-order valence-corrected chi connectivity index (χ0v) is 15.5. The number of benzene rings is 2. The van der Waals surface area contributed by atoms with Crippen molar-refractivity contribution in [3.8, 4) is 6.07 Å². The zero-order chi connectivity index (χ0) is 19.9. The molecule has 0 fully saturated rings. The van der Waals surface area contributed by atoms with Crippen molar-refractivity contribution in [2.75, 3.05) is 10.8 Å². The number of nitrogens with zero attached hydrogens (tertiary/aromatic N) is 4. The number of anilines is 2.